The van der Waals surface area contributed by atoms with Crippen LogP contribution in [-0.2, 0) is 4.74 Å². The molecule has 3 nitrogen and oxygen atoms in total. The number of allylic oxidation sites excluding steroid dienone is 3. The van der Waals surface area contributed by atoms with Gasteiger partial charge in [-0.15, -0.1) is 0 Å². The van der Waals surface area contributed by atoms with Gasteiger partial charge in [0.25, 0.3) is 0 Å². The van der Waals surface area contributed by atoms with E-state index in [0.29, 0.717) is 5.76 Å². The molecule has 5 aromatic carbocycles. The van der Waals surface area contributed by atoms with Crippen LogP contribution in [0.1, 0.15) is 6.92 Å². The molecule has 5 rings (SSSR count). The van der Waals surface area contributed by atoms with Gasteiger partial charge in [0.2, 0.25) is 0 Å². The normalized spacial score (nSPS) is 11.4. The average Bonchev–Trinajstić information content (AvgIpc) is 3.06. The van der Waals surface area contributed by atoms with Gasteiger partial charge in [-0.05, 0) is 89.9 Å². The second-order valence-corrected chi connectivity index (χ2v) is 9.96. The molecule has 0 saturated heterocycles. The SMILES string of the molecule is C=C(/C=C\C(=C/C)N(C)c1ccc(N(c2cccc(-c3ccccc3)c2)c2cccc(-c3ccccc3)c2)cc1)OC. The summed E-state index contributed by atoms with van der Waals surface area (Å²) in [6, 6.07) is 47.2. The summed E-state index contributed by atoms with van der Waals surface area (Å²) in [5.41, 5.74) is 10.1. The van der Waals surface area contributed by atoms with Gasteiger partial charge in [-0.1, -0.05) is 97.6 Å². The van der Waals surface area contributed by atoms with E-state index in [1.165, 1.54) is 22.3 Å². The van der Waals surface area contributed by atoms with Crippen LogP contribution in [0.5, 0.6) is 0 Å². The van der Waals surface area contributed by atoms with Gasteiger partial charge in [0.15, 0.2) is 0 Å². The zero-order valence-corrected chi connectivity index (χ0v) is 24.4. The van der Waals surface area contributed by atoms with E-state index >= 15 is 0 Å². The number of ether oxygens (including phenoxy) is 1. The molecule has 0 bridgehead atoms. The third-order valence-corrected chi connectivity index (χ3v) is 7.30. The summed E-state index contributed by atoms with van der Waals surface area (Å²) in [5.74, 6) is 0.615. The zero-order valence-electron chi connectivity index (χ0n) is 24.4. The van der Waals surface area contributed by atoms with Gasteiger partial charge in [0, 0.05) is 35.5 Å². The monoisotopic (exact) mass is 548 g/mol. The molecule has 0 aromatic heterocycles. The Balaban J connectivity index is 1.56. The predicted molar refractivity (Wildman–Crippen MR) is 179 cm³/mol. The maximum atomic E-state index is 5.20. The van der Waals surface area contributed by atoms with E-state index in [1.807, 2.05) is 19.1 Å². The van der Waals surface area contributed by atoms with Gasteiger partial charge in [-0.25, -0.2) is 0 Å². The average molecular weight is 549 g/mol. The standard InChI is InChI=1S/C39H36N2O/c1-5-35(23-22-30(2)42-4)40(3)36-24-26-37(27-25-36)41(38-20-12-18-33(28-38)31-14-8-6-9-15-31)39-21-13-19-34(29-39)32-16-10-7-11-17-32/h5-29H,2H2,1,3-4H3/b23-22-,35-5+. The second-order valence-electron chi connectivity index (χ2n) is 9.96. The van der Waals surface area contributed by atoms with E-state index in [0.717, 1.165) is 28.4 Å². The highest BCUT2D eigenvalue weighted by molar-refractivity contribution is 5.82. The lowest BCUT2D eigenvalue weighted by atomic mass is 10.0. The topological polar surface area (TPSA) is 15.7 Å². The minimum atomic E-state index is 0.615. The Bertz CT molecular complexity index is 1600. The third-order valence-electron chi connectivity index (χ3n) is 7.30. The smallest absolute Gasteiger partial charge is 0.111 e. The van der Waals surface area contributed by atoms with Crippen LogP contribution in [0.2, 0.25) is 0 Å². The number of hydrogen-bond acceptors (Lipinski definition) is 3. The molecule has 0 atom stereocenters. The molecule has 0 saturated carbocycles. The summed E-state index contributed by atoms with van der Waals surface area (Å²) in [4.78, 5) is 4.47. The van der Waals surface area contributed by atoms with E-state index in [1.54, 1.807) is 7.11 Å². The van der Waals surface area contributed by atoms with Crippen molar-refractivity contribution in [3.05, 3.63) is 170 Å². The first-order valence-electron chi connectivity index (χ1n) is 14.1. The molecule has 42 heavy (non-hydrogen) atoms. The van der Waals surface area contributed by atoms with Gasteiger partial charge in [-0.2, -0.15) is 0 Å². The first-order valence-corrected chi connectivity index (χ1v) is 14.1. The fraction of sp³-hybridized carbons (Fsp3) is 0.0769. The number of benzene rings is 5. The molecule has 0 aliphatic carbocycles. The summed E-state index contributed by atoms with van der Waals surface area (Å²) < 4.78 is 5.20. The highest BCUT2D eigenvalue weighted by atomic mass is 16.5. The summed E-state index contributed by atoms with van der Waals surface area (Å²) >= 11 is 0. The van der Waals surface area contributed by atoms with Crippen molar-refractivity contribution < 1.29 is 4.74 Å². The van der Waals surface area contributed by atoms with Gasteiger partial charge in [0.05, 0.1) is 7.11 Å². The van der Waals surface area contributed by atoms with E-state index < -0.39 is 0 Å². The number of methoxy groups -OCH3 is 1. The number of rotatable bonds is 10. The minimum Gasteiger partial charge on any atom is -0.497 e. The van der Waals surface area contributed by atoms with E-state index in [-0.39, 0.29) is 0 Å². The largest absolute Gasteiger partial charge is 0.497 e. The first kappa shape index (κ1) is 28.3. The van der Waals surface area contributed by atoms with Crippen molar-refractivity contribution in [3.8, 4) is 22.3 Å². The van der Waals surface area contributed by atoms with Crippen molar-refractivity contribution in [1.82, 2.24) is 0 Å². The summed E-state index contributed by atoms with van der Waals surface area (Å²) in [6.07, 6.45) is 5.96. The van der Waals surface area contributed by atoms with Crippen LogP contribution in [0.4, 0.5) is 22.7 Å². The Morgan fingerprint density at radius 1 is 0.571 bits per heavy atom. The van der Waals surface area contributed by atoms with Crippen molar-refractivity contribution in [2.75, 3.05) is 24.0 Å². The maximum Gasteiger partial charge on any atom is 0.111 e. The van der Waals surface area contributed by atoms with Crippen LogP contribution in [-0.4, -0.2) is 14.2 Å². The van der Waals surface area contributed by atoms with Crippen molar-refractivity contribution in [2.24, 2.45) is 0 Å². The molecule has 0 unspecified atom stereocenters. The highest BCUT2D eigenvalue weighted by Crippen LogP contribution is 2.39. The lowest BCUT2D eigenvalue weighted by molar-refractivity contribution is 0.309. The highest BCUT2D eigenvalue weighted by Gasteiger charge is 2.15. The van der Waals surface area contributed by atoms with Crippen molar-refractivity contribution in [2.45, 2.75) is 6.92 Å². The Hall–Kier alpha value is -5.28. The van der Waals surface area contributed by atoms with Gasteiger partial charge < -0.3 is 14.5 Å². The maximum absolute atomic E-state index is 5.20. The summed E-state index contributed by atoms with van der Waals surface area (Å²) in [5, 5.41) is 0. The fourth-order valence-corrected chi connectivity index (χ4v) is 4.98. The number of nitrogens with zero attached hydrogens (tertiary/aromatic N) is 2. The quantitative estimate of drug-likeness (QED) is 0.127. The lowest BCUT2D eigenvalue weighted by Crippen LogP contribution is -2.15. The molecule has 0 fully saturated rings. The molecular formula is C39H36N2O. The van der Waals surface area contributed by atoms with Crippen LogP contribution >= 0.6 is 0 Å². The number of likely N-dealkylation sites (N-methyl/N-ethyl adjacent to an activating group) is 1. The molecule has 0 heterocycles. The van der Waals surface area contributed by atoms with Gasteiger partial charge >= 0.3 is 0 Å². The van der Waals surface area contributed by atoms with E-state index in [4.69, 9.17) is 4.74 Å². The Morgan fingerprint density at radius 3 is 1.52 bits per heavy atom. The molecule has 0 amide bonds. The lowest BCUT2D eigenvalue weighted by Gasteiger charge is -2.28. The van der Waals surface area contributed by atoms with Gasteiger partial charge in [0.1, 0.15) is 5.76 Å². The first-order chi connectivity index (χ1) is 20.6. The molecule has 0 spiro atoms. The summed E-state index contributed by atoms with van der Waals surface area (Å²) in [6.45, 7) is 5.92. The van der Waals surface area contributed by atoms with Crippen molar-refractivity contribution in [1.29, 1.82) is 0 Å². The van der Waals surface area contributed by atoms with Crippen LogP contribution in [0, 0.1) is 0 Å². The number of anilines is 4. The van der Waals surface area contributed by atoms with Crippen molar-refractivity contribution in [3.63, 3.8) is 0 Å². The molecule has 0 aliphatic heterocycles. The van der Waals surface area contributed by atoms with Crippen LogP contribution in [0.25, 0.3) is 22.3 Å². The Morgan fingerprint density at radius 2 is 1.05 bits per heavy atom. The molecule has 3 heteroatoms. The van der Waals surface area contributed by atoms with E-state index in [2.05, 4.69) is 163 Å². The molecular weight excluding hydrogens is 512 g/mol. The predicted octanol–water partition coefficient (Wildman–Crippen LogP) is 10.5. The van der Waals surface area contributed by atoms with Gasteiger partial charge in [-0.3, -0.25) is 0 Å². The molecule has 5 aromatic rings. The zero-order chi connectivity index (χ0) is 29.3. The van der Waals surface area contributed by atoms with Crippen LogP contribution < -0.4 is 9.80 Å². The third kappa shape index (κ3) is 6.54. The number of hydrogen-bond donors (Lipinski definition) is 0. The Kier molecular flexibility index (Phi) is 9.00. The summed E-state index contributed by atoms with van der Waals surface area (Å²) in [7, 11) is 3.69. The van der Waals surface area contributed by atoms with Crippen LogP contribution in [0.15, 0.2) is 170 Å². The molecule has 0 aliphatic rings. The molecule has 0 radical (unpaired) electrons. The molecule has 208 valence electrons. The fourth-order valence-electron chi connectivity index (χ4n) is 4.98. The van der Waals surface area contributed by atoms with Crippen LogP contribution in [0.3, 0.4) is 0 Å². The Labute approximate surface area is 250 Å². The van der Waals surface area contributed by atoms with E-state index in [9.17, 15) is 0 Å². The molecule has 0 N–H and O–H groups in total. The van der Waals surface area contributed by atoms with Crippen molar-refractivity contribution >= 4 is 22.7 Å². The minimum absolute atomic E-state index is 0.615. The second kappa shape index (κ2) is 13.4.